The highest BCUT2D eigenvalue weighted by atomic mass is 16.5. The first-order valence-corrected chi connectivity index (χ1v) is 16.6. The smallest absolute Gasteiger partial charge is 0.261 e. The Kier molecular flexibility index (Phi) is 4.59. The summed E-state index contributed by atoms with van der Waals surface area (Å²) in [5, 5.41) is 4.45. The highest BCUT2D eigenvalue weighted by Gasteiger charge is 2.50. The number of hydrogen-bond acceptors (Lipinski definition) is 5. The molecule has 0 N–H and O–H groups in total. The Labute approximate surface area is 275 Å². The third-order valence-corrected chi connectivity index (χ3v) is 10.7. The van der Waals surface area contributed by atoms with Crippen molar-refractivity contribution in [1.29, 1.82) is 0 Å². The molecule has 0 spiro atoms. The van der Waals surface area contributed by atoms with Gasteiger partial charge in [0.05, 0.1) is 22.1 Å². The van der Waals surface area contributed by atoms with Crippen molar-refractivity contribution in [2.24, 2.45) is 0 Å². The van der Waals surface area contributed by atoms with E-state index in [1.165, 1.54) is 33.5 Å². The molecule has 1 aliphatic carbocycles. The summed E-state index contributed by atoms with van der Waals surface area (Å²) in [7, 11) is 0. The molecule has 8 aromatic rings. The summed E-state index contributed by atoms with van der Waals surface area (Å²) in [5.74, 6) is 1.66. The molecule has 12 rings (SSSR count). The molecule has 6 aromatic carbocycles. The van der Waals surface area contributed by atoms with Crippen LogP contribution >= 0.6 is 0 Å². The van der Waals surface area contributed by atoms with Crippen molar-refractivity contribution in [1.82, 2.24) is 0 Å². The van der Waals surface area contributed by atoms with Gasteiger partial charge in [-0.2, -0.15) is 0 Å². The second kappa shape index (κ2) is 8.81. The van der Waals surface area contributed by atoms with Crippen LogP contribution < -0.4 is 30.9 Å². The number of anilines is 5. The van der Waals surface area contributed by atoms with Crippen molar-refractivity contribution < 1.29 is 13.6 Å². The minimum Gasteiger partial charge on any atom is -0.458 e. The van der Waals surface area contributed by atoms with Crippen molar-refractivity contribution in [3.63, 3.8) is 0 Å². The summed E-state index contributed by atoms with van der Waals surface area (Å²) in [5.41, 5.74) is 14.1. The SMILES string of the molecule is C1=CCCC(N2c3cccc4c3B3c5c(cc6oc7ccccc7c6c52)Oc2cc5oc6ccccc6c5c(c23)N4c2ccccc2)=C1. The van der Waals surface area contributed by atoms with E-state index in [1.807, 2.05) is 12.1 Å². The largest absolute Gasteiger partial charge is 0.458 e. The van der Waals surface area contributed by atoms with Crippen LogP contribution in [0, 0.1) is 0 Å². The van der Waals surface area contributed by atoms with E-state index in [4.69, 9.17) is 13.6 Å². The normalized spacial score (nSPS) is 15.4. The Morgan fingerprint density at radius 3 is 1.81 bits per heavy atom. The Hall–Kier alpha value is -6.14. The maximum absolute atomic E-state index is 7.07. The van der Waals surface area contributed by atoms with Crippen LogP contribution in [-0.2, 0) is 0 Å². The van der Waals surface area contributed by atoms with E-state index < -0.39 is 0 Å². The molecule has 0 amide bonds. The Morgan fingerprint density at radius 1 is 0.562 bits per heavy atom. The molecule has 6 heteroatoms. The fourth-order valence-corrected chi connectivity index (χ4v) is 8.85. The first-order chi connectivity index (χ1) is 23.8. The second-order valence-corrected chi connectivity index (χ2v) is 13.1. The summed E-state index contributed by atoms with van der Waals surface area (Å²) in [6.07, 6.45) is 8.66. The molecule has 5 nitrogen and oxygen atoms in total. The van der Waals surface area contributed by atoms with Gasteiger partial charge >= 0.3 is 0 Å². The maximum atomic E-state index is 7.07. The molecule has 48 heavy (non-hydrogen) atoms. The average Bonchev–Trinajstić information content (AvgIpc) is 3.70. The van der Waals surface area contributed by atoms with Crippen LogP contribution in [0.15, 0.2) is 142 Å². The molecule has 0 atom stereocenters. The molecule has 3 aliphatic heterocycles. The van der Waals surface area contributed by atoms with Gasteiger partial charge < -0.3 is 23.4 Å². The van der Waals surface area contributed by atoms with Crippen LogP contribution in [0.4, 0.5) is 28.4 Å². The number of hydrogen-bond donors (Lipinski definition) is 0. The van der Waals surface area contributed by atoms with Gasteiger partial charge in [0.25, 0.3) is 6.71 Å². The monoisotopic (exact) mass is 616 g/mol. The molecule has 0 saturated carbocycles. The first kappa shape index (κ1) is 25.0. The number of furan rings is 2. The van der Waals surface area contributed by atoms with E-state index in [0.29, 0.717) is 0 Å². The van der Waals surface area contributed by atoms with Crippen molar-refractivity contribution in [3.05, 3.63) is 133 Å². The minimum atomic E-state index is -0.0491. The van der Waals surface area contributed by atoms with Crippen molar-refractivity contribution >= 4 is 95.4 Å². The van der Waals surface area contributed by atoms with Crippen molar-refractivity contribution in [2.45, 2.75) is 12.8 Å². The summed E-state index contributed by atoms with van der Waals surface area (Å²) < 4.78 is 20.2. The molecule has 5 heterocycles. The van der Waals surface area contributed by atoms with E-state index in [2.05, 4.69) is 125 Å². The molecule has 0 radical (unpaired) electrons. The molecule has 0 fully saturated rings. The zero-order valence-electron chi connectivity index (χ0n) is 25.7. The third kappa shape index (κ3) is 2.99. The lowest BCUT2D eigenvalue weighted by molar-refractivity contribution is 0.486. The lowest BCUT2D eigenvalue weighted by atomic mass is 9.32. The molecule has 0 unspecified atom stereocenters. The molecule has 224 valence electrons. The second-order valence-electron chi connectivity index (χ2n) is 13.1. The predicted octanol–water partition coefficient (Wildman–Crippen LogP) is 9.58. The Bertz CT molecular complexity index is 2790. The quantitative estimate of drug-likeness (QED) is 0.181. The van der Waals surface area contributed by atoms with Gasteiger partial charge in [-0.1, -0.05) is 72.8 Å². The van der Waals surface area contributed by atoms with Gasteiger partial charge in [0.1, 0.15) is 33.8 Å². The fraction of sp³-hybridized carbons (Fsp3) is 0.0476. The Morgan fingerprint density at radius 2 is 1.17 bits per heavy atom. The number of para-hydroxylation sites is 3. The van der Waals surface area contributed by atoms with E-state index in [0.717, 1.165) is 85.3 Å². The predicted molar refractivity (Wildman–Crippen MR) is 195 cm³/mol. The molecule has 2 aromatic heterocycles. The van der Waals surface area contributed by atoms with Gasteiger partial charge in [-0.15, -0.1) is 0 Å². The highest BCUT2D eigenvalue weighted by molar-refractivity contribution is 7.02. The van der Waals surface area contributed by atoms with E-state index in [1.54, 1.807) is 0 Å². The fourth-order valence-electron chi connectivity index (χ4n) is 8.85. The van der Waals surface area contributed by atoms with Crippen molar-refractivity contribution in [2.75, 3.05) is 9.80 Å². The number of fused-ring (bicyclic) bond motifs is 8. The summed E-state index contributed by atoms with van der Waals surface area (Å²) in [6.45, 7) is -0.0491. The summed E-state index contributed by atoms with van der Waals surface area (Å²) >= 11 is 0. The van der Waals surface area contributed by atoms with Crippen LogP contribution in [0.1, 0.15) is 12.8 Å². The van der Waals surface area contributed by atoms with E-state index >= 15 is 0 Å². The topological polar surface area (TPSA) is 42.0 Å². The number of ether oxygens (including phenoxy) is 1. The summed E-state index contributed by atoms with van der Waals surface area (Å²) in [6, 6.07) is 38.5. The van der Waals surface area contributed by atoms with E-state index in [-0.39, 0.29) is 6.71 Å². The number of nitrogens with zero attached hydrogens (tertiary/aromatic N) is 2. The zero-order valence-corrected chi connectivity index (χ0v) is 25.7. The highest BCUT2D eigenvalue weighted by Crippen LogP contribution is 2.53. The van der Waals surface area contributed by atoms with Crippen molar-refractivity contribution in [3.8, 4) is 11.5 Å². The van der Waals surface area contributed by atoms with Gasteiger partial charge in [0.15, 0.2) is 0 Å². The Balaban J connectivity index is 1.30. The van der Waals surface area contributed by atoms with E-state index in [9.17, 15) is 0 Å². The summed E-state index contributed by atoms with van der Waals surface area (Å²) in [4.78, 5) is 4.95. The minimum absolute atomic E-state index is 0.0491. The first-order valence-electron chi connectivity index (χ1n) is 16.6. The molecule has 0 bridgehead atoms. The van der Waals surface area contributed by atoms with Gasteiger partial charge in [-0.25, -0.2) is 0 Å². The number of rotatable bonds is 2. The van der Waals surface area contributed by atoms with Crippen LogP contribution in [0.3, 0.4) is 0 Å². The number of benzene rings is 6. The number of allylic oxidation sites excluding steroid dienone is 4. The lowest BCUT2D eigenvalue weighted by Crippen LogP contribution is -2.63. The lowest BCUT2D eigenvalue weighted by Gasteiger charge is -2.47. The molecule has 0 saturated heterocycles. The van der Waals surface area contributed by atoms with Crippen LogP contribution in [0.25, 0.3) is 43.9 Å². The van der Waals surface area contributed by atoms with Crippen LogP contribution in [0.2, 0.25) is 0 Å². The standard InChI is InChI=1S/C42H25BN2O3/c1-3-12-24(13-4-1)44-28-18-11-19-29-38(28)43-39-34(22-32-36(41(39)44)26-16-7-9-20-30(26)46-32)48-35-23-33-37(27-17-8-10-21-31(27)47-33)42(40(35)43)45(29)25-14-5-2-6-15-25/h1-5,7-14,16-23H,6,15H2. The molecular weight excluding hydrogens is 591 g/mol. The third-order valence-electron chi connectivity index (χ3n) is 10.7. The van der Waals surface area contributed by atoms with Gasteiger partial charge in [-0.05, 0) is 71.7 Å². The molecule has 4 aliphatic rings. The average molecular weight is 616 g/mol. The maximum Gasteiger partial charge on any atom is 0.261 e. The molecular formula is C42H25BN2O3. The van der Waals surface area contributed by atoms with Gasteiger partial charge in [-0.3, -0.25) is 0 Å². The zero-order chi connectivity index (χ0) is 31.1. The van der Waals surface area contributed by atoms with Gasteiger partial charge in [0, 0.05) is 45.7 Å². The van der Waals surface area contributed by atoms with Gasteiger partial charge in [0.2, 0.25) is 0 Å². The van der Waals surface area contributed by atoms with Crippen LogP contribution in [0.5, 0.6) is 11.5 Å². The van der Waals surface area contributed by atoms with Crippen LogP contribution in [-0.4, -0.2) is 6.71 Å².